The van der Waals surface area contributed by atoms with Gasteiger partial charge < -0.3 is 14.8 Å². The molecule has 1 aliphatic rings. The standard InChI is InChI=1S/C17H12BrN3O5S/c18-14-7-16-15(25-9-26-16)6-10(14)5-11(8-19)17(22)21-12-1-3-13(4-2-12)27(20,23)24/h1-7H,9H2,(H,21,22)(H2,20,23,24)/b11-5+. The molecular weight excluding hydrogens is 438 g/mol. The van der Waals surface area contributed by atoms with Crippen LogP contribution in [-0.2, 0) is 14.8 Å². The predicted molar refractivity (Wildman–Crippen MR) is 100 cm³/mol. The highest BCUT2D eigenvalue weighted by molar-refractivity contribution is 9.10. The van der Waals surface area contributed by atoms with E-state index in [9.17, 15) is 18.5 Å². The molecule has 1 aliphatic heterocycles. The molecule has 2 aromatic carbocycles. The summed E-state index contributed by atoms with van der Waals surface area (Å²) < 4.78 is 33.7. The minimum Gasteiger partial charge on any atom is -0.454 e. The molecule has 2 aromatic rings. The summed E-state index contributed by atoms with van der Waals surface area (Å²) in [6.45, 7) is 0.106. The van der Waals surface area contributed by atoms with Gasteiger partial charge in [-0.2, -0.15) is 5.26 Å². The van der Waals surface area contributed by atoms with Crippen LogP contribution in [0.4, 0.5) is 5.69 Å². The molecule has 0 spiro atoms. The lowest BCUT2D eigenvalue weighted by molar-refractivity contribution is -0.112. The Morgan fingerprint density at radius 3 is 2.44 bits per heavy atom. The average molecular weight is 450 g/mol. The van der Waals surface area contributed by atoms with Crippen molar-refractivity contribution in [1.29, 1.82) is 5.26 Å². The SMILES string of the molecule is N#C/C(=C\c1cc2c(cc1Br)OCO2)C(=O)Nc1ccc(S(N)(=O)=O)cc1. The first-order valence-corrected chi connectivity index (χ1v) is 9.77. The minimum atomic E-state index is -3.82. The fourth-order valence-electron chi connectivity index (χ4n) is 2.27. The van der Waals surface area contributed by atoms with Crippen LogP contribution in [-0.4, -0.2) is 21.1 Å². The van der Waals surface area contributed by atoms with Crippen LogP contribution in [0.15, 0.2) is 51.3 Å². The number of ether oxygens (including phenoxy) is 2. The number of nitrogens with two attached hydrogens (primary N) is 1. The van der Waals surface area contributed by atoms with Crippen molar-refractivity contribution in [3.63, 3.8) is 0 Å². The normalized spacial score (nSPS) is 13.1. The van der Waals surface area contributed by atoms with E-state index in [0.29, 0.717) is 27.2 Å². The Balaban J connectivity index is 1.83. The van der Waals surface area contributed by atoms with E-state index in [0.717, 1.165) is 0 Å². The molecule has 138 valence electrons. The van der Waals surface area contributed by atoms with E-state index in [4.69, 9.17) is 14.6 Å². The molecule has 10 heteroatoms. The van der Waals surface area contributed by atoms with Gasteiger partial charge in [0.15, 0.2) is 11.5 Å². The quantitative estimate of drug-likeness (QED) is 0.543. The largest absolute Gasteiger partial charge is 0.454 e. The third-order valence-electron chi connectivity index (χ3n) is 3.60. The van der Waals surface area contributed by atoms with Gasteiger partial charge in [0, 0.05) is 10.2 Å². The van der Waals surface area contributed by atoms with Gasteiger partial charge in [0.05, 0.1) is 4.90 Å². The highest BCUT2D eigenvalue weighted by Gasteiger charge is 2.17. The van der Waals surface area contributed by atoms with E-state index >= 15 is 0 Å². The summed E-state index contributed by atoms with van der Waals surface area (Å²) in [5, 5.41) is 16.9. The van der Waals surface area contributed by atoms with E-state index in [1.165, 1.54) is 30.3 Å². The molecule has 0 aromatic heterocycles. The fourth-order valence-corrected chi connectivity index (χ4v) is 3.23. The van der Waals surface area contributed by atoms with Crippen molar-refractivity contribution in [2.24, 2.45) is 5.14 Å². The number of nitriles is 1. The second kappa shape index (κ2) is 7.40. The Labute approximate surface area is 163 Å². The lowest BCUT2D eigenvalue weighted by atomic mass is 10.1. The number of halogens is 1. The Bertz CT molecular complexity index is 1090. The molecule has 3 rings (SSSR count). The van der Waals surface area contributed by atoms with Gasteiger partial charge in [-0.15, -0.1) is 0 Å². The van der Waals surface area contributed by atoms with Gasteiger partial charge in [0.1, 0.15) is 11.6 Å². The van der Waals surface area contributed by atoms with Gasteiger partial charge in [0.2, 0.25) is 16.8 Å². The van der Waals surface area contributed by atoms with Crippen molar-refractivity contribution in [2.45, 2.75) is 4.90 Å². The van der Waals surface area contributed by atoms with Crippen molar-refractivity contribution < 1.29 is 22.7 Å². The third kappa shape index (κ3) is 4.28. The topological polar surface area (TPSA) is 132 Å². The Hall–Kier alpha value is -2.87. The molecule has 1 amide bonds. The molecule has 0 atom stereocenters. The molecule has 1 heterocycles. The zero-order chi connectivity index (χ0) is 19.6. The minimum absolute atomic E-state index is 0.0826. The number of hydrogen-bond acceptors (Lipinski definition) is 6. The lowest BCUT2D eigenvalue weighted by Crippen LogP contribution is -2.14. The van der Waals surface area contributed by atoms with Gasteiger partial charge in [-0.1, -0.05) is 15.9 Å². The van der Waals surface area contributed by atoms with Crippen LogP contribution in [0.3, 0.4) is 0 Å². The molecule has 0 radical (unpaired) electrons. The van der Waals surface area contributed by atoms with Gasteiger partial charge in [-0.3, -0.25) is 4.79 Å². The Kier molecular flexibility index (Phi) is 5.18. The number of anilines is 1. The monoisotopic (exact) mass is 449 g/mol. The summed E-state index contributed by atoms with van der Waals surface area (Å²) in [6, 6.07) is 10.5. The van der Waals surface area contributed by atoms with Crippen LogP contribution in [0.2, 0.25) is 0 Å². The van der Waals surface area contributed by atoms with Gasteiger partial charge in [0.25, 0.3) is 5.91 Å². The van der Waals surface area contributed by atoms with E-state index < -0.39 is 15.9 Å². The maximum Gasteiger partial charge on any atom is 0.266 e. The first-order chi connectivity index (χ1) is 12.8. The molecule has 0 aliphatic carbocycles. The summed E-state index contributed by atoms with van der Waals surface area (Å²) in [7, 11) is -3.82. The van der Waals surface area contributed by atoms with Crippen molar-refractivity contribution >= 4 is 43.6 Å². The first kappa shape index (κ1) is 18.9. The van der Waals surface area contributed by atoms with E-state index in [1.807, 2.05) is 6.07 Å². The second-order valence-corrected chi connectivity index (χ2v) is 7.84. The van der Waals surface area contributed by atoms with Crippen LogP contribution < -0.4 is 19.9 Å². The molecule has 27 heavy (non-hydrogen) atoms. The zero-order valence-electron chi connectivity index (χ0n) is 13.6. The van der Waals surface area contributed by atoms with E-state index in [-0.39, 0.29) is 17.3 Å². The Morgan fingerprint density at radius 1 is 1.22 bits per heavy atom. The number of primary sulfonamides is 1. The number of rotatable bonds is 4. The molecule has 0 saturated heterocycles. The number of amides is 1. The number of benzene rings is 2. The zero-order valence-corrected chi connectivity index (χ0v) is 16.0. The number of nitrogens with one attached hydrogen (secondary N) is 1. The van der Waals surface area contributed by atoms with E-state index in [2.05, 4.69) is 21.2 Å². The average Bonchev–Trinajstić information content (AvgIpc) is 3.06. The Morgan fingerprint density at radius 2 is 1.85 bits per heavy atom. The maximum absolute atomic E-state index is 12.4. The molecule has 0 unspecified atom stereocenters. The van der Waals surface area contributed by atoms with Gasteiger partial charge in [-0.25, -0.2) is 13.6 Å². The molecular formula is C17H12BrN3O5S. The highest BCUT2D eigenvalue weighted by Crippen LogP contribution is 2.37. The molecule has 0 saturated carbocycles. The summed E-state index contributed by atoms with van der Waals surface area (Å²) >= 11 is 3.36. The molecule has 0 bridgehead atoms. The highest BCUT2D eigenvalue weighted by atomic mass is 79.9. The number of sulfonamides is 1. The third-order valence-corrected chi connectivity index (χ3v) is 5.21. The summed E-state index contributed by atoms with van der Waals surface area (Å²) in [5.41, 5.74) is 0.735. The van der Waals surface area contributed by atoms with Crippen LogP contribution in [0, 0.1) is 11.3 Å². The summed E-state index contributed by atoms with van der Waals surface area (Å²) in [4.78, 5) is 12.3. The molecule has 8 nitrogen and oxygen atoms in total. The van der Waals surface area contributed by atoms with Crippen molar-refractivity contribution in [3.8, 4) is 17.6 Å². The van der Waals surface area contributed by atoms with Gasteiger partial charge >= 0.3 is 0 Å². The van der Waals surface area contributed by atoms with Crippen LogP contribution in [0.5, 0.6) is 11.5 Å². The summed E-state index contributed by atoms with van der Waals surface area (Å²) in [6.07, 6.45) is 1.40. The number of hydrogen-bond donors (Lipinski definition) is 2. The van der Waals surface area contributed by atoms with Crippen LogP contribution >= 0.6 is 15.9 Å². The molecule has 3 N–H and O–H groups in total. The van der Waals surface area contributed by atoms with Crippen LogP contribution in [0.25, 0.3) is 6.08 Å². The lowest BCUT2D eigenvalue weighted by Gasteiger charge is -2.06. The van der Waals surface area contributed by atoms with Crippen molar-refractivity contribution in [1.82, 2.24) is 0 Å². The summed E-state index contributed by atoms with van der Waals surface area (Å²) in [5.74, 6) is 0.433. The number of nitrogens with zero attached hydrogens (tertiary/aromatic N) is 1. The molecule has 0 fully saturated rings. The predicted octanol–water partition coefficient (Wildman–Crippen LogP) is 2.37. The number of fused-ring (bicyclic) bond motifs is 1. The second-order valence-electron chi connectivity index (χ2n) is 5.42. The van der Waals surface area contributed by atoms with Crippen LogP contribution in [0.1, 0.15) is 5.56 Å². The smallest absolute Gasteiger partial charge is 0.266 e. The number of carbonyl (C=O) groups excluding carboxylic acids is 1. The fraction of sp³-hybridized carbons (Fsp3) is 0.0588. The maximum atomic E-state index is 12.4. The van der Waals surface area contributed by atoms with E-state index in [1.54, 1.807) is 12.1 Å². The first-order valence-electron chi connectivity index (χ1n) is 7.43. The van der Waals surface area contributed by atoms with Gasteiger partial charge in [-0.05, 0) is 48.0 Å². The van der Waals surface area contributed by atoms with Crippen molar-refractivity contribution in [3.05, 3.63) is 52.0 Å². The van der Waals surface area contributed by atoms with Crippen molar-refractivity contribution in [2.75, 3.05) is 12.1 Å². The number of carbonyl (C=O) groups is 1.